The summed E-state index contributed by atoms with van der Waals surface area (Å²) in [7, 11) is 0. The van der Waals surface area contributed by atoms with Crippen molar-refractivity contribution in [3.63, 3.8) is 0 Å². The van der Waals surface area contributed by atoms with Crippen LogP contribution < -0.4 is 11.0 Å². The van der Waals surface area contributed by atoms with E-state index in [9.17, 15) is 0 Å². The van der Waals surface area contributed by atoms with Gasteiger partial charge in [-0.3, -0.25) is 0 Å². The fraction of sp³-hybridized carbons (Fsp3) is 0.0154. The fourth-order valence-electron chi connectivity index (χ4n) is 11.1. The third-order valence-corrected chi connectivity index (χ3v) is 14.2. The zero-order valence-corrected chi connectivity index (χ0v) is 42.0. The van der Waals surface area contributed by atoms with E-state index in [0.717, 1.165) is 134 Å². The van der Waals surface area contributed by atoms with E-state index in [1.165, 1.54) is 0 Å². The normalized spacial score (nSPS) is 15.6. The maximum Gasteiger partial charge on any atom is 0.404 e. The van der Waals surface area contributed by atoms with E-state index in [2.05, 4.69) is 138 Å². The average Bonchev–Trinajstić information content (AvgIpc) is 4.19. The summed E-state index contributed by atoms with van der Waals surface area (Å²) in [5.74, 6) is 30.8. The first-order chi connectivity index (χ1) is 36.2. The molecule has 0 amide bonds. The molecule has 0 bridgehead atoms. The van der Waals surface area contributed by atoms with Gasteiger partial charge in [0.15, 0.2) is 0 Å². The van der Waals surface area contributed by atoms with Gasteiger partial charge in [0.25, 0.3) is 23.3 Å². The Kier molecular flexibility index (Phi) is 9.11. The van der Waals surface area contributed by atoms with Crippen LogP contribution in [0.15, 0.2) is 214 Å². The number of aliphatic imine (C=N–C) groups is 2. The quantitative estimate of drug-likeness (QED) is 0.108. The zero-order valence-electron chi connectivity index (χ0n) is 39.1. The second-order valence-electron chi connectivity index (χ2n) is 18.5. The molecule has 1 unspecified atom stereocenters. The number of benzene rings is 8. The molecule has 16 rings (SSSR count). The minimum atomic E-state index is -1.22. The minimum Gasteiger partial charge on any atom is -0.192 e. The molecule has 6 aliphatic rings. The van der Waals surface area contributed by atoms with Gasteiger partial charge >= 0.3 is 5.91 Å². The standard InChI is InChI=1S/C65H32N8.Y/c1-5-13-41(14-6-1)21-25-45-29-33-49-53(37-45)61-66-58-50-34-30-46(26-22-42-15-7-2-8-16-42)38-54(50)63-68-60-52-36-32-48(28-24-44-19-11-4-12-20-44)40-56(52)64-69-59-51-35-31-47(27-23-43-17-9-3-10-18-43)39-55(51)62-67-57(49)70(61)65(71(58)63,72(59)62)73(60)64;/h1-20,29-40H;/q+2;. The Labute approximate surface area is 449 Å². The van der Waals surface area contributed by atoms with Crippen LogP contribution >= 0.6 is 0 Å². The smallest absolute Gasteiger partial charge is 0.192 e. The van der Waals surface area contributed by atoms with E-state index in [0.29, 0.717) is 0 Å². The molecular formula is C65H32N8Y+2. The monoisotopic (exact) mass is 1010 g/mol. The van der Waals surface area contributed by atoms with Gasteiger partial charge in [0, 0.05) is 98.8 Å². The molecular weight excluding hydrogens is 982 g/mol. The average molecular weight is 1010 g/mol. The van der Waals surface area contributed by atoms with Crippen molar-refractivity contribution in [3.8, 4) is 47.4 Å². The summed E-state index contributed by atoms with van der Waals surface area (Å²) in [5.41, 5.74) is 12.6. The summed E-state index contributed by atoms with van der Waals surface area (Å²) in [6.07, 6.45) is 0. The van der Waals surface area contributed by atoms with Crippen LogP contribution in [0.25, 0.3) is 21.5 Å². The van der Waals surface area contributed by atoms with Crippen molar-refractivity contribution >= 4 is 56.5 Å². The van der Waals surface area contributed by atoms with Crippen molar-refractivity contribution < 1.29 is 41.9 Å². The summed E-state index contributed by atoms with van der Waals surface area (Å²) in [5, 5.41) is 3.79. The predicted octanol–water partition coefficient (Wildman–Crippen LogP) is 9.30. The Balaban J connectivity index is 0.00000484. The largest absolute Gasteiger partial charge is 0.404 e. The van der Waals surface area contributed by atoms with Crippen molar-refractivity contribution in [2.24, 2.45) is 20.0 Å². The molecule has 8 heterocycles. The molecule has 0 saturated carbocycles. The molecule has 1 spiro atoms. The van der Waals surface area contributed by atoms with E-state index >= 15 is 0 Å². The van der Waals surface area contributed by atoms with E-state index in [1.807, 2.05) is 121 Å². The first kappa shape index (κ1) is 42.2. The summed E-state index contributed by atoms with van der Waals surface area (Å²) in [4.78, 5) is 22.9. The van der Waals surface area contributed by atoms with Crippen molar-refractivity contribution in [3.05, 3.63) is 272 Å². The van der Waals surface area contributed by atoms with Gasteiger partial charge in [-0.2, -0.15) is 9.13 Å². The Hall–Kier alpha value is -9.54. The van der Waals surface area contributed by atoms with Crippen molar-refractivity contribution in [1.82, 2.24) is 9.13 Å². The molecule has 333 valence electrons. The Bertz CT molecular complexity index is 4780. The number of nitrogens with zero attached hydrogens (tertiary/aromatic N) is 8. The number of hydrogen-bond acceptors (Lipinski definition) is 4. The minimum absolute atomic E-state index is 0. The van der Waals surface area contributed by atoms with E-state index in [4.69, 9.17) is 20.0 Å². The van der Waals surface area contributed by atoms with Crippen LogP contribution in [0, 0.1) is 47.4 Å². The summed E-state index contributed by atoms with van der Waals surface area (Å²) in [6.45, 7) is 0. The van der Waals surface area contributed by atoms with Gasteiger partial charge < -0.3 is 0 Å². The molecule has 1 radical (unpaired) electrons. The van der Waals surface area contributed by atoms with Gasteiger partial charge in [0.05, 0.1) is 22.3 Å². The molecule has 8 nitrogen and oxygen atoms in total. The van der Waals surface area contributed by atoms with Crippen molar-refractivity contribution in [2.75, 3.05) is 0 Å². The van der Waals surface area contributed by atoms with Crippen molar-refractivity contribution in [1.29, 1.82) is 0 Å². The molecule has 10 aromatic rings. The molecule has 2 aromatic heterocycles. The molecule has 0 aliphatic carbocycles. The summed E-state index contributed by atoms with van der Waals surface area (Å²) in [6, 6.07) is 66.0. The van der Waals surface area contributed by atoms with Gasteiger partial charge in [-0.25, -0.2) is 0 Å². The van der Waals surface area contributed by atoms with Crippen molar-refractivity contribution in [2.45, 2.75) is 5.91 Å². The van der Waals surface area contributed by atoms with Gasteiger partial charge in [0.2, 0.25) is 22.6 Å². The van der Waals surface area contributed by atoms with Crippen LogP contribution in [0.1, 0.15) is 66.8 Å². The molecule has 0 fully saturated rings. The number of amidine groups is 4. The Morgan fingerprint density at radius 2 is 0.703 bits per heavy atom. The van der Waals surface area contributed by atoms with Gasteiger partial charge in [0.1, 0.15) is 0 Å². The van der Waals surface area contributed by atoms with Crippen LogP contribution in [0.4, 0.5) is 11.6 Å². The summed E-state index contributed by atoms with van der Waals surface area (Å²) >= 11 is 0. The second kappa shape index (κ2) is 16.0. The molecule has 8 aromatic carbocycles. The third kappa shape index (κ3) is 5.99. The zero-order chi connectivity index (χ0) is 47.8. The molecule has 0 saturated heterocycles. The number of rotatable bonds is 0. The van der Waals surface area contributed by atoms with Crippen LogP contribution in [0.5, 0.6) is 0 Å². The first-order valence-corrected chi connectivity index (χ1v) is 24.1. The summed E-state index contributed by atoms with van der Waals surface area (Å²) < 4.78 is 9.26. The number of hydrogen-bond donors (Lipinski definition) is 0. The molecule has 1 atom stereocenters. The Morgan fingerprint density at radius 1 is 0.311 bits per heavy atom. The van der Waals surface area contributed by atoms with Crippen LogP contribution in [-0.2, 0) is 38.6 Å². The van der Waals surface area contributed by atoms with Gasteiger partial charge in [-0.15, -0.1) is 9.15 Å². The number of fused-ring (bicyclic) bond motifs is 12. The third-order valence-electron chi connectivity index (χ3n) is 14.2. The maximum atomic E-state index is 5.71. The molecule has 9 heteroatoms. The van der Waals surface area contributed by atoms with Crippen LogP contribution in [0.3, 0.4) is 0 Å². The van der Waals surface area contributed by atoms with Crippen LogP contribution in [0.2, 0.25) is 0 Å². The fourth-order valence-corrected chi connectivity index (χ4v) is 11.1. The second-order valence-corrected chi connectivity index (χ2v) is 18.5. The topological polar surface area (TPSA) is 65.3 Å². The molecule has 6 aliphatic heterocycles. The number of aromatic nitrogens is 2. The maximum absolute atomic E-state index is 5.71. The van der Waals surface area contributed by atoms with Gasteiger partial charge in [-0.05, 0) is 121 Å². The Morgan fingerprint density at radius 3 is 1.24 bits per heavy atom. The SMILES string of the molecule is C(#Cc1ccc2c(c1)C1=Nc3c4ccc(C#Cc5ccccc5)cc4c4n3C35n6c(c7ccc(C#Cc8ccccc8)cc7c6=NC2=[N+]13)=NC1=[N+]5C(=N4)c2ccc(C#Cc3ccccc3)cc21)c1ccccc1.[Y]. The van der Waals surface area contributed by atoms with Crippen LogP contribution in [-0.4, -0.2) is 41.6 Å². The molecule has 74 heavy (non-hydrogen) atoms. The van der Waals surface area contributed by atoms with Gasteiger partial charge in [-0.1, -0.05) is 140 Å². The first-order valence-electron chi connectivity index (χ1n) is 24.1. The van der Waals surface area contributed by atoms with E-state index in [1.54, 1.807) is 0 Å². The predicted molar refractivity (Wildman–Crippen MR) is 283 cm³/mol. The van der Waals surface area contributed by atoms with E-state index in [-0.39, 0.29) is 32.7 Å². The molecule has 0 N–H and O–H groups in total. The van der Waals surface area contributed by atoms with E-state index < -0.39 is 5.91 Å².